The van der Waals surface area contributed by atoms with Gasteiger partial charge in [-0.3, -0.25) is 14.4 Å². The van der Waals surface area contributed by atoms with Gasteiger partial charge in [0.15, 0.2) is 16.9 Å². The van der Waals surface area contributed by atoms with Gasteiger partial charge in [-0.15, -0.1) is 34.4 Å². The Kier molecular flexibility index (Phi) is 12.7. The van der Waals surface area contributed by atoms with Crippen molar-refractivity contribution in [1.29, 1.82) is 0 Å². The Labute approximate surface area is 389 Å². The molecule has 3 atom stereocenters. The SMILES string of the molecule is CON=C(C(=O)NC1C(=O)N2CC(C=Cc3scnc3C)(C(=O)OC(c3ccccc3)c3ccccc3)CS[C@H]12)c1csc(NC(c2ccccc2)(c2ccccc2)c2ccccc2)n1. The Morgan fingerprint density at radius 3 is 1.91 bits per heavy atom. The zero-order valence-electron chi connectivity index (χ0n) is 35.4. The summed E-state index contributed by atoms with van der Waals surface area (Å²) in [6, 6.07) is 48.8. The molecule has 2 aromatic heterocycles. The van der Waals surface area contributed by atoms with Crippen LogP contribution >= 0.6 is 34.4 Å². The van der Waals surface area contributed by atoms with E-state index in [0.29, 0.717) is 10.9 Å². The number of rotatable bonds is 15. The van der Waals surface area contributed by atoms with Gasteiger partial charge in [0.2, 0.25) is 5.91 Å². The van der Waals surface area contributed by atoms with Gasteiger partial charge < -0.3 is 25.1 Å². The van der Waals surface area contributed by atoms with Crippen molar-refractivity contribution in [2.45, 2.75) is 30.0 Å². The van der Waals surface area contributed by atoms with Crippen LogP contribution in [0.2, 0.25) is 0 Å². The minimum atomic E-state index is -1.20. The molecule has 65 heavy (non-hydrogen) atoms. The number of hydrogen-bond acceptors (Lipinski definition) is 12. The number of hydrogen-bond donors (Lipinski definition) is 2. The molecule has 5 aromatic carbocycles. The van der Waals surface area contributed by atoms with Crippen LogP contribution in [0.1, 0.15) is 50.2 Å². The number of nitrogens with zero attached hydrogens (tertiary/aromatic N) is 4. The van der Waals surface area contributed by atoms with Crippen LogP contribution in [0.4, 0.5) is 5.13 Å². The normalized spacial score (nSPS) is 18.5. The van der Waals surface area contributed by atoms with E-state index in [1.807, 2.05) is 134 Å². The third kappa shape index (κ3) is 8.72. The molecule has 0 bridgehead atoms. The predicted molar refractivity (Wildman–Crippen MR) is 258 cm³/mol. The molecule has 2 N–H and O–H groups in total. The largest absolute Gasteiger partial charge is 0.452 e. The smallest absolute Gasteiger partial charge is 0.319 e. The van der Waals surface area contributed by atoms with Crippen molar-refractivity contribution in [1.82, 2.24) is 20.2 Å². The summed E-state index contributed by atoms with van der Waals surface area (Å²) in [4.78, 5) is 59.9. The van der Waals surface area contributed by atoms with E-state index < -0.39 is 40.4 Å². The fraction of sp³-hybridized carbons (Fsp3) is 0.176. The number of nitrogens with one attached hydrogen (secondary N) is 2. The van der Waals surface area contributed by atoms with E-state index in [4.69, 9.17) is 14.6 Å². The number of fused-ring (bicyclic) bond motifs is 1. The molecule has 2 saturated heterocycles. The van der Waals surface area contributed by atoms with Gasteiger partial charge in [0.1, 0.15) is 35.2 Å². The zero-order valence-corrected chi connectivity index (χ0v) is 37.9. The topological polar surface area (TPSA) is 135 Å². The lowest BCUT2D eigenvalue weighted by atomic mass is 9.77. The lowest BCUT2D eigenvalue weighted by Gasteiger charge is -2.53. The minimum Gasteiger partial charge on any atom is -0.452 e. The van der Waals surface area contributed by atoms with E-state index in [1.165, 1.54) is 41.5 Å². The summed E-state index contributed by atoms with van der Waals surface area (Å²) in [6.07, 6.45) is 3.07. The summed E-state index contributed by atoms with van der Waals surface area (Å²) in [5.41, 5.74) is 5.38. The second-order valence-corrected chi connectivity index (χ2v) is 18.5. The van der Waals surface area contributed by atoms with Gasteiger partial charge in [-0.05, 0) is 40.8 Å². The van der Waals surface area contributed by atoms with Crippen LogP contribution in [-0.4, -0.2) is 69.2 Å². The van der Waals surface area contributed by atoms with Crippen molar-refractivity contribution in [3.63, 3.8) is 0 Å². The molecule has 0 aliphatic carbocycles. The number of anilines is 1. The van der Waals surface area contributed by atoms with E-state index in [0.717, 1.165) is 38.4 Å². The highest BCUT2D eigenvalue weighted by Crippen LogP contribution is 2.45. The molecule has 11 nitrogen and oxygen atoms in total. The molecular formula is C51H44N6O5S3. The highest BCUT2D eigenvalue weighted by atomic mass is 32.2. The Balaban J connectivity index is 0.955. The van der Waals surface area contributed by atoms with Crippen LogP contribution in [0.5, 0.6) is 0 Å². The summed E-state index contributed by atoms with van der Waals surface area (Å²) in [7, 11) is 1.36. The molecule has 7 aromatic rings. The lowest BCUT2D eigenvalue weighted by Crippen LogP contribution is -2.74. The van der Waals surface area contributed by atoms with Crippen molar-refractivity contribution in [2.24, 2.45) is 10.6 Å². The van der Waals surface area contributed by atoms with Gasteiger partial charge in [0.05, 0.1) is 11.2 Å². The quantitative estimate of drug-likeness (QED) is 0.0340. The van der Waals surface area contributed by atoms with E-state index in [-0.39, 0.29) is 23.9 Å². The second-order valence-electron chi connectivity index (χ2n) is 15.7. The lowest BCUT2D eigenvalue weighted by molar-refractivity contribution is -0.162. The third-order valence-electron chi connectivity index (χ3n) is 11.6. The molecule has 14 heteroatoms. The van der Waals surface area contributed by atoms with Crippen LogP contribution in [0.3, 0.4) is 0 Å². The average molecular weight is 917 g/mol. The van der Waals surface area contributed by atoms with Crippen LogP contribution in [-0.2, 0) is 29.5 Å². The monoisotopic (exact) mass is 916 g/mol. The number of thiazole rings is 2. The van der Waals surface area contributed by atoms with E-state index in [1.54, 1.807) is 15.8 Å². The first-order chi connectivity index (χ1) is 31.8. The number of ether oxygens (including phenoxy) is 1. The number of carbonyl (C=O) groups excluding carboxylic acids is 3. The average Bonchev–Trinajstić information content (AvgIpc) is 4.01. The number of carbonyl (C=O) groups is 3. The molecule has 2 aliphatic heterocycles. The molecule has 326 valence electrons. The Morgan fingerprint density at radius 2 is 1.38 bits per heavy atom. The number of esters is 1. The minimum absolute atomic E-state index is 0.0610. The Morgan fingerprint density at radius 1 is 0.831 bits per heavy atom. The molecule has 4 heterocycles. The Hall–Kier alpha value is -6.87. The maximum absolute atomic E-state index is 14.7. The number of amides is 2. The number of β-lactam (4-membered cyclic amide) rings is 1. The molecule has 9 rings (SSSR count). The number of aryl methyl sites for hydroxylation is 1. The number of benzene rings is 5. The summed E-state index contributed by atoms with van der Waals surface area (Å²) >= 11 is 4.21. The molecular weight excluding hydrogens is 873 g/mol. The summed E-state index contributed by atoms with van der Waals surface area (Å²) in [5.74, 6) is -1.11. The van der Waals surface area contributed by atoms with Gasteiger partial charge in [0.25, 0.3) is 5.91 Å². The first kappa shape index (κ1) is 43.4. The molecule has 2 aliphatic rings. The van der Waals surface area contributed by atoms with Crippen molar-refractivity contribution < 1.29 is 24.0 Å². The summed E-state index contributed by atoms with van der Waals surface area (Å²) in [5, 5.41) is 12.6. The molecule has 2 amide bonds. The molecule has 2 fully saturated rings. The highest BCUT2D eigenvalue weighted by molar-refractivity contribution is 8.00. The first-order valence-corrected chi connectivity index (χ1v) is 23.8. The van der Waals surface area contributed by atoms with Gasteiger partial charge in [0, 0.05) is 22.6 Å². The van der Waals surface area contributed by atoms with Crippen molar-refractivity contribution in [3.8, 4) is 0 Å². The standard InChI is InChI=1S/C51H44N6O5S3/c1-34-41(65-33-52-34)28-29-50(48(60)62-44(35-18-8-3-9-19-35)36-20-10-4-11-21-36)31-57-46(59)43(47(57)64-32-50)54-45(58)42(56-61-2)40-30-63-49(53-40)55-51(37-22-12-5-13-23-37,38-24-14-6-15-25-38)39-26-16-7-17-27-39/h3-30,33,43-44,47H,31-32H2,1-2H3,(H,53,55)(H,54,58)/t43?,47-,50?/m1/s1. The van der Waals surface area contributed by atoms with E-state index in [2.05, 4.69) is 57.2 Å². The van der Waals surface area contributed by atoms with Crippen molar-refractivity contribution in [2.75, 3.05) is 24.7 Å². The van der Waals surface area contributed by atoms with Gasteiger partial charge in [-0.2, -0.15) is 0 Å². The fourth-order valence-electron chi connectivity index (χ4n) is 8.29. The predicted octanol–water partition coefficient (Wildman–Crippen LogP) is 9.10. The summed E-state index contributed by atoms with van der Waals surface area (Å²) in [6.45, 7) is 1.98. The highest BCUT2D eigenvalue weighted by Gasteiger charge is 2.57. The number of oxime groups is 1. The number of thioether (sulfide) groups is 1. The van der Waals surface area contributed by atoms with Gasteiger partial charge >= 0.3 is 5.97 Å². The fourth-order valence-corrected chi connectivity index (χ4v) is 11.2. The second kappa shape index (κ2) is 19.1. The van der Waals surface area contributed by atoms with Crippen molar-refractivity contribution in [3.05, 3.63) is 213 Å². The van der Waals surface area contributed by atoms with Crippen LogP contribution in [0.15, 0.2) is 174 Å². The van der Waals surface area contributed by atoms with Crippen LogP contribution in [0, 0.1) is 12.3 Å². The maximum Gasteiger partial charge on any atom is 0.319 e. The van der Waals surface area contributed by atoms with Crippen molar-refractivity contribution >= 4 is 69.1 Å². The molecule has 0 radical (unpaired) electrons. The summed E-state index contributed by atoms with van der Waals surface area (Å²) < 4.78 is 6.45. The third-order valence-corrected chi connectivity index (χ3v) is 14.8. The molecule has 0 saturated carbocycles. The zero-order chi connectivity index (χ0) is 44.8. The van der Waals surface area contributed by atoms with Crippen LogP contribution in [0.25, 0.3) is 6.08 Å². The van der Waals surface area contributed by atoms with Gasteiger partial charge in [-0.1, -0.05) is 163 Å². The maximum atomic E-state index is 14.7. The number of aromatic nitrogens is 2. The molecule has 0 spiro atoms. The van der Waals surface area contributed by atoms with Gasteiger partial charge in [-0.25, -0.2) is 9.97 Å². The van der Waals surface area contributed by atoms with Crippen LogP contribution < -0.4 is 10.6 Å². The first-order valence-electron chi connectivity index (χ1n) is 20.9. The van der Waals surface area contributed by atoms with E-state index in [9.17, 15) is 14.4 Å². The Bertz CT molecular complexity index is 2690. The molecule has 2 unspecified atom stereocenters. The van der Waals surface area contributed by atoms with E-state index >= 15 is 0 Å².